The topological polar surface area (TPSA) is 128 Å². The molecule has 0 bridgehead atoms. The number of hydrogen-bond acceptors (Lipinski definition) is 8. The number of halogens is 3. The standard InChI is InChI=1S/C36H41F3N6O5S2/c1-52(49,50)43-16-12-30-28(22-43)34(41-45(30)21-27(46)20-42-14-10-26(11-15-42)44-13-4-7-33(44)47)24-8-9-29(36(37,38)39)25(17-24)19-40-35(48)32-18-23-5-2-3-6-31(23)51-32/h2-3,5-6,8-9,17-18,26-27,46H,4,7,10-16,19-22H2,1H3,(H,40,48). The van der Waals surface area contributed by atoms with Gasteiger partial charge in [0.25, 0.3) is 5.91 Å². The number of amides is 2. The predicted octanol–water partition coefficient (Wildman–Crippen LogP) is 4.48. The number of carbonyl (C=O) groups excluding carboxylic acids is 2. The molecule has 2 N–H and O–H groups in total. The first kappa shape index (κ1) is 36.5. The molecule has 2 aromatic carbocycles. The fourth-order valence-corrected chi connectivity index (χ4v) is 9.44. The highest BCUT2D eigenvalue weighted by Crippen LogP contribution is 2.37. The summed E-state index contributed by atoms with van der Waals surface area (Å²) in [4.78, 5) is 29.8. The highest BCUT2D eigenvalue weighted by atomic mass is 32.2. The SMILES string of the molecule is CS(=O)(=O)N1CCc2c(c(-c3ccc(C(F)(F)F)c(CNC(=O)c4cc5ccccc5s4)c3)nn2CC(O)CN2CCC(N3CCCC3=O)CC2)C1. The van der Waals surface area contributed by atoms with Crippen molar-refractivity contribution in [3.63, 3.8) is 0 Å². The molecule has 7 rings (SSSR count). The summed E-state index contributed by atoms with van der Waals surface area (Å²) in [7, 11) is -3.58. The molecule has 1 unspecified atom stereocenters. The van der Waals surface area contributed by atoms with E-state index in [1.54, 1.807) is 10.7 Å². The van der Waals surface area contributed by atoms with Crippen molar-refractivity contribution in [1.29, 1.82) is 0 Å². The maximum Gasteiger partial charge on any atom is 0.416 e. The quantitative estimate of drug-likeness (QED) is 0.244. The minimum absolute atomic E-state index is 0.0125. The van der Waals surface area contributed by atoms with Crippen LogP contribution in [0.15, 0.2) is 48.5 Å². The molecule has 2 fully saturated rings. The number of thiophene rings is 1. The highest BCUT2D eigenvalue weighted by molar-refractivity contribution is 7.88. The number of nitrogens with one attached hydrogen (secondary N) is 1. The van der Waals surface area contributed by atoms with Gasteiger partial charge in [-0.05, 0) is 54.5 Å². The van der Waals surface area contributed by atoms with Crippen LogP contribution < -0.4 is 5.32 Å². The molecule has 16 heteroatoms. The molecule has 2 saturated heterocycles. The van der Waals surface area contributed by atoms with Crippen molar-refractivity contribution in [3.05, 3.63) is 75.8 Å². The number of alkyl halides is 3. The van der Waals surface area contributed by atoms with Crippen molar-refractivity contribution in [1.82, 2.24) is 29.2 Å². The molecule has 0 aliphatic carbocycles. The summed E-state index contributed by atoms with van der Waals surface area (Å²) in [5.41, 5.74) is 0.916. The summed E-state index contributed by atoms with van der Waals surface area (Å²) in [6.45, 7) is 2.58. The molecule has 0 saturated carbocycles. The van der Waals surface area contributed by atoms with Crippen LogP contribution in [-0.2, 0) is 47.0 Å². The largest absolute Gasteiger partial charge is 0.416 e. The van der Waals surface area contributed by atoms with Gasteiger partial charge in [-0.25, -0.2) is 8.42 Å². The van der Waals surface area contributed by atoms with E-state index in [9.17, 15) is 36.3 Å². The lowest BCUT2D eigenvalue weighted by Crippen LogP contribution is -2.47. The first-order valence-corrected chi connectivity index (χ1v) is 20.1. The van der Waals surface area contributed by atoms with Gasteiger partial charge >= 0.3 is 6.18 Å². The van der Waals surface area contributed by atoms with E-state index in [1.807, 2.05) is 29.2 Å². The van der Waals surface area contributed by atoms with Crippen molar-refractivity contribution in [2.24, 2.45) is 0 Å². The molecular formula is C36H41F3N6O5S2. The number of aromatic nitrogens is 2. The average molecular weight is 759 g/mol. The lowest BCUT2D eigenvalue weighted by molar-refractivity contribution is -0.138. The van der Waals surface area contributed by atoms with Crippen LogP contribution in [0, 0.1) is 0 Å². The van der Waals surface area contributed by atoms with Crippen LogP contribution in [0.3, 0.4) is 0 Å². The normalized spacial score (nSPS) is 18.6. The predicted molar refractivity (Wildman–Crippen MR) is 191 cm³/mol. The van der Waals surface area contributed by atoms with Gasteiger partial charge in [-0.3, -0.25) is 14.3 Å². The van der Waals surface area contributed by atoms with Crippen molar-refractivity contribution in [2.75, 3.05) is 39.0 Å². The van der Waals surface area contributed by atoms with Crippen LogP contribution in [-0.4, -0.2) is 100 Å². The summed E-state index contributed by atoms with van der Waals surface area (Å²) in [6, 6.07) is 13.0. The van der Waals surface area contributed by atoms with Crippen molar-refractivity contribution < 1.29 is 36.3 Å². The Morgan fingerprint density at radius 1 is 1.06 bits per heavy atom. The molecule has 2 amide bonds. The summed E-state index contributed by atoms with van der Waals surface area (Å²) >= 11 is 1.25. The molecule has 0 spiro atoms. The van der Waals surface area contributed by atoms with Gasteiger partial charge < -0.3 is 20.2 Å². The number of hydrogen-bond donors (Lipinski definition) is 2. The third-order valence-electron chi connectivity index (χ3n) is 10.3. The number of aliphatic hydroxyl groups excluding tert-OH is 1. The Morgan fingerprint density at radius 3 is 2.52 bits per heavy atom. The van der Waals surface area contributed by atoms with Gasteiger partial charge in [0.1, 0.15) is 0 Å². The average Bonchev–Trinajstić information content (AvgIpc) is 3.83. The van der Waals surface area contributed by atoms with Gasteiger partial charge in [0.2, 0.25) is 15.9 Å². The molecular weight excluding hydrogens is 718 g/mol. The van der Waals surface area contributed by atoms with Crippen LogP contribution in [0.1, 0.15) is 57.7 Å². The third-order valence-corrected chi connectivity index (χ3v) is 12.7. The monoisotopic (exact) mass is 758 g/mol. The van der Waals surface area contributed by atoms with E-state index in [-0.39, 0.29) is 37.1 Å². The van der Waals surface area contributed by atoms with Crippen LogP contribution in [0.5, 0.6) is 0 Å². The lowest BCUT2D eigenvalue weighted by atomic mass is 9.97. The van der Waals surface area contributed by atoms with Crippen LogP contribution >= 0.6 is 11.3 Å². The van der Waals surface area contributed by atoms with E-state index >= 15 is 0 Å². The fourth-order valence-electron chi connectivity index (χ4n) is 7.68. The first-order valence-electron chi connectivity index (χ1n) is 17.5. The number of benzene rings is 2. The highest BCUT2D eigenvalue weighted by Gasteiger charge is 2.36. The number of fused-ring (bicyclic) bond motifs is 2. The molecule has 11 nitrogen and oxygen atoms in total. The van der Waals surface area contributed by atoms with Gasteiger partial charge in [0.15, 0.2) is 0 Å². The number of β-amino-alcohol motifs (C(OH)–C–C–N with tert-alkyl or cyclic N) is 1. The Morgan fingerprint density at radius 2 is 1.83 bits per heavy atom. The number of piperidine rings is 1. The molecule has 3 aliphatic rings. The molecule has 52 heavy (non-hydrogen) atoms. The molecule has 3 aliphatic heterocycles. The number of aliphatic hydroxyl groups is 1. The van der Waals surface area contributed by atoms with Crippen LogP contribution in [0.4, 0.5) is 13.2 Å². The fraction of sp³-hybridized carbons (Fsp3) is 0.472. The maximum atomic E-state index is 14.2. The maximum absolute atomic E-state index is 14.2. The Hall–Kier alpha value is -3.83. The van der Waals surface area contributed by atoms with Gasteiger partial charge in [0, 0.05) is 86.2 Å². The van der Waals surface area contributed by atoms with E-state index in [2.05, 4.69) is 10.2 Å². The Balaban J connectivity index is 1.12. The smallest absolute Gasteiger partial charge is 0.390 e. The zero-order valence-electron chi connectivity index (χ0n) is 28.7. The van der Waals surface area contributed by atoms with Crippen molar-refractivity contribution in [2.45, 2.75) is 70.1 Å². The minimum Gasteiger partial charge on any atom is -0.390 e. The zero-order chi connectivity index (χ0) is 36.8. The number of carbonyl (C=O) groups is 2. The van der Waals surface area contributed by atoms with Crippen LogP contribution in [0.2, 0.25) is 0 Å². The molecule has 278 valence electrons. The Bertz CT molecular complexity index is 2060. The van der Waals surface area contributed by atoms with Crippen molar-refractivity contribution >= 4 is 43.3 Å². The summed E-state index contributed by atoms with van der Waals surface area (Å²) < 4.78 is 71.7. The summed E-state index contributed by atoms with van der Waals surface area (Å²) in [5, 5.41) is 19.5. The number of likely N-dealkylation sites (tertiary alicyclic amines) is 2. The lowest BCUT2D eigenvalue weighted by Gasteiger charge is -2.37. The van der Waals surface area contributed by atoms with Gasteiger partial charge in [-0.2, -0.15) is 22.6 Å². The molecule has 4 aromatic rings. The second kappa shape index (κ2) is 14.5. The van der Waals surface area contributed by atoms with E-state index in [0.29, 0.717) is 41.1 Å². The van der Waals surface area contributed by atoms with E-state index in [0.717, 1.165) is 67.0 Å². The Kier molecular flexibility index (Phi) is 10.2. The number of sulfonamides is 1. The number of rotatable bonds is 10. The molecule has 0 radical (unpaired) electrons. The zero-order valence-corrected chi connectivity index (χ0v) is 30.4. The van der Waals surface area contributed by atoms with Gasteiger partial charge in [0.05, 0.1) is 35.0 Å². The van der Waals surface area contributed by atoms with E-state index < -0.39 is 40.3 Å². The minimum atomic E-state index is -4.69. The summed E-state index contributed by atoms with van der Waals surface area (Å²) in [6.07, 6.45) is -0.904. The molecule has 1 atom stereocenters. The van der Waals surface area contributed by atoms with E-state index in [4.69, 9.17) is 5.10 Å². The molecule has 2 aromatic heterocycles. The summed E-state index contributed by atoms with van der Waals surface area (Å²) in [5.74, 6) is -0.280. The van der Waals surface area contributed by atoms with Gasteiger partial charge in [-0.1, -0.05) is 24.3 Å². The van der Waals surface area contributed by atoms with Crippen LogP contribution in [0.25, 0.3) is 21.3 Å². The van der Waals surface area contributed by atoms with E-state index in [1.165, 1.54) is 27.8 Å². The van der Waals surface area contributed by atoms with Crippen molar-refractivity contribution in [3.8, 4) is 11.3 Å². The second-order valence-electron chi connectivity index (χ2n) is 13.9. The Labute approximate surface area is 304 Å². The number of nitrogens with zero attached hydrogens (tertiary/aromatic N) is 5. The second-order valence-corrected chi connectivity index (χ2v) is 16.9. The van der Waals surface area contributed by atoms with Gasteiger partial charge in [-0.15, -0.1) is 11.3 Å². The third kappa shape index (κ3) is 7.76. The molecule has 5 heterocycles. The first-order chi connectivity index (χ1) is 24.7.